The third-order valence-electron chi connectivity index (χ3n) is 4.80. The molecular formula is C23H23FN2O3S. The van der Waals surface area contributed by atoms with Crippen LogP contribution in [0.4, 0.5) is 15.8 Å². The maximum Gasteiger partial charge on any atom is 0.264 e. The zero-order chi connectivity index (χ0) is 21.9. The Balaban J connectivity index is 1.93. The second-order valence-electron chi connectivity index (χ2n) is 7.15. The zero-order valence-electron chi connectivity index (χ0n) is 17.0. The third kappa shape index (κ3) is 4.86. The van der Waals surface area contributed by atoms with Crippen LogP contribution in [0.25, 0.3) is 0 Å². The Hall–Kier alpha value is -3.19. The summed E-state index contributed by atoms with van der Waals surface area (Å²) in [5.74, 6) is -1.02. The highest BCUT2D eigenvalue weighted by Crippen LogP contribution is 2.24. The van der Waals surface area contributed by atoms with Crippen LogP contribution >= 0.6 is 0 Å². The zero-order valence-corrected chi connectivity index (χ0v) is 17.8. The summed E-state index contributed by atoms with van der Waals surface area (Å²) in [6, 6.07) is 16.8. The average Bonchev–Trinajstić information content (AvgIpc) is 2.70. The van der Waals surface area contributed by atoms with Gasteiger partial charge in [0, 0.05) is 5.69 Å². The van der Waals surface area contributed by atoms with Crippen LogP contribution < -0.4 is 9.62 Å². The van der Waals surface area contributed by atoms with Crippen molar-refractivity contribution in [3.8, 4) is 0 Å². The molecule has 0 saturated carbocycles. The van der Waals surface area contributed by atoms with Gasteiger partial charge < -0.3 is 5.32 Å². The fourth-order valence-corrected chi connectivity index (χ4v) is 4.33. The molecule has 0 saturated heterocycles. The second kappa shape index (κ2) is 8.67. The summed E-state index contributed by atoms with van der Waals surface area (Å²) in [6.45, 7) is 5.36. The van der Waals surface area contributed by atoms with Gasteiger partial charge in [-0.05, 0) is 80.4 Å². The molecule has 7 heteroatoms. The van der Waals surface area contributed by atoms with Crippen molar-refractivity contribution in [2.45, 2.75) is 25.7 Å². The van der Waals surface area contributed by atoms with Gasteiger partial charge in [0.05, 0.1) is 10.6 Å². The normalized spacial score (nSPS) is 11.2. The summed E-state index contributed by atoms with van der Waals surface area (Å²) in [6.07, 6.45) is 0. The molecule has 3 aromatic carbocycles. The summed E-state index contributed by atoms with van der Waals surface area (Å²) in [5, 5.41) is 2.75. The molecule has 0 aromatic heterocycles. The Morgan fingerprint density at radius 1 is 0.900 bits per heavy atom. The van der Waals surface area contributed by atoms with E-state index in [4.69, 9.17) is 0 Å². The van der Waals surface area contributed by atoms with Crippen molar-refractivity contribution in [2.24, 2.45) is 0 Å². The molecule has 0 aliphatic heterocycles. The summed E-state index contributed by atoms with van der Waals surface area (Å²) < 4.78 is 40.8. The first-order chi connectivity index (χ1) is 14.2. The monoisotopic (exact) mass is 426 g/mol. The summed E-state index contributed by atoms with van der Waals surface area (Å²) in [7, 11) is -4.08. The number of halogens is 1. The summed E-state index contributed by atoms with van der Waals surface area (Å²) in [5.41, 5.74) is 4.00. The highest BCUT2D eigenvalue weighted by molar-refractivity contribution is 7.92. The SMILES string of the molecule is Cc1ccc(N(CC(=O)Nc2ccc(C)c(C)c2)S(=O)(=O)c2ccc(F)cc2)cc1. The minimum absolute atomic E-state index is 0.0940. The van der Waals surface area contributed by atoms with Crippen LogP contribution in [-0.4, -0.2) is 20.9 Å². The molecule has 1 amide bonds. The molecule has 30 heavy (non-hydrogen) atoms. The van der Waals surface area contributed by atoms with Crippen molar-refractivity contribution in [3.63, 3.8) is 0 Å². The second-order valence-corrected chi connectivity index (χ2v) is 9.01. The van der Waals surface area contributed by atoms with Crippen LogP contribution in [0, 0.1) is 26.6 Å². The number of carbonyl (C=O) groups is 1. The first-order valence-corrected chi connectivity index (χ1v) is 10.8. The maximum atomic E-state index is 13.3. The fourth-order valence-electron chi connectivity index (χ4n) is 2.91. The first kappa shape index (κ1) is 21.5. The van der Waals surface area contributed by atoms with Crippen LogP contribution in [0.1, 0.15) is 16.7 Å². The van der Waals surface area contributed by atoms with Gasteiger partial charge in [0.2, 0.25) is 5.91 Å². The Bertz CT molecular complexity index is 1160. The van der Waals surface area contributed by atoms with E-state index in [-0.39, 0.29) is 4.90 Å². The molecule has 0 heterocycles. The number of carbonyl (C=O) groups excluding carboxylic acids is 1. The number of aryl methyl sites for hydroxylation is 3. The predicted octanol–water partition coefficient (Wildman–Crippen LogP) is 4.58. The standard InChI is InChI=1S/C23H23FN2O3S/c1-16-4-10-21(11-5-16)26(30(28,29)22-12-7-19(24)8-13-22)15-23(27)25-20-9-6-17(2)18(3)14-20/h4-14H,15H2,1-3H3,(H,25,27). The predicted molar refractivity (Wildman–Crippen MR) is 117 cm³/mol. The van der Waals surface area contributed by atoms with Crippen molar-refractivity contribution in [2.75, 3.05) is 16.2 Å². The maximum absolute atomic E-state index is 13.3. The molecule has 0 bridgehead atoms. The van der Waals surface area contributed by atoms with Crippen LogP contribution in [0.5, 0.6) is 0 Å². The first-order valence-electron chi connectivity index (χ1n) is 9.39. The number of hydrogen-bond acceptors (Lipinski definition) is 3. The Kier molecular flexibility index (Phi) is 6.22. The molecule has 0 atom stereocenters. The lowest BCUT2D eigenvalue weighted by Gasteiger charge is -2.24. The Morgan fingerprint density at radius 2 is 1.53 bits per heavy atom. The van der Waals surface area contributed by atoms with Crippen LogP contribution in [0.2, 0.25) is 0 Å². The quantitative estimate of drug-likeness (QED) is 0.627. The lowest BCUT2D eigenvalue weighted by molar-refractivity contribution is -0.114. The number of hydrogen-bond donors (Lipinski definition) is 1. The highest BCUT2D eigenvalue weighted by atomic mass is 32.2. The molecule has 0 unspecified atom stereocenters. The topological polar surface area (TPSA) is 66.5 Å². The lowest BCUT2D eigenvalue weighted by atomic mass is 10.1. The molecule has 156 valence electrons. The van der Waals surface area contributed by atoms with Crippen molar-refractivity contribution in [3.05, 3.63) is 89.2 Å². The van der Waals surface area contributed by atoms with Gasteiger partial charge in [-0.1, -0.05) is 23.8 Å². The minimum Gasteiger partial charge on any atom is -0.325 e. The van der Waals surface area contributed by atoms with Gasteiger partial charge in [-0.25, -0.2) is 12.8 Å². The lowest BCUT2D eigenvalue weighted by Crippen LogP contribution is -2.38. The van der Waals surface area contributed by atoms with E-state index in [1.807, 2.05) is 32.9 Å². The van der Waals surface area contributed by atoms with Crippen LogP contribution in [0.3, 0.4) is 0 Å². The number of nitrogens with one attached hydrogen (secondary N) is 1. The van der Waals surface area contributed by atoms with Gasteiger partial charge in [0.15, 0.2) is 0 Å². The van der Waals surface area contributed by atoms with Crippen molar-refractivity contribution in [1.29, 1.82) is 0 Å². The van der Waals surface area contributed by atoms with E-state index >= 15 is 0 Å². The van der Waals surface area contributed by atoms with E-state index in [2.05, 4.69) is 5.32 Å². The molecule has 0 aliphatic rings. The molecule has 3 rings (SSSR count). The Morgan fingerprint density at radius 3 is 2.13 bits per heavy atom. The summed E-state index contributed by atoms with van der Waals surface area (Å²) >= 11 is 0. The number of rotatable bonds is 6. The largest absolute Gasteiger partial charge is 0.325 e. The molecule has 0 fully saturated rings. The van der Waals surface area contributed by atoms with Gasteiger partial charge in [-0.3, -0.25) is 9.10 Å². The number of anilines is 2. The molecule has 0 radical (unpaired) electrons. The van der Waals surface area contributed by atoms with E-state index < -0.39 is 28.3 Å². The smallest absolute Gasteiger partial charge is 0.264 e. The highest BCUT2D eigenvalue weighted by Gasteiger charge is 2.27. The molecule has 0 aliphatic carbocycles. The number of benzene rings is 3. The third-order valence-corrected chi connectivity index (χ3v) is 6.59. The van der Waals surface area contributed by atoms with Gasteiger partial charge >= 0.3 is 0 Å². The van der Waals surface area contributed by atoms with Crippen molar-refractivity contribution >= 4 is 27.3 Å². The fraction of sp³-hybridized carbons (Fsp3) is 0.174. The van der Waals surface area contributed by atoms with Gasteiger partial charge in [0.1, 0.15) is 12.4 Å². The number of sulfonamides is 1. The molecule has 0 spiro atoms. The van der Waals surface area contributed by atoms with Crippen LogP contribution in [0.15, 0.2) is 71.6 Å². The number of amides is 1. The molecular weight excluding hydrogens is 403 g/mol. The average molecular weight is 427 g/mol. The van der Waals surface area contributed by atoms with Crippen molar-refractivity contribution in [1.82, 2.24) is 0 Å². The Labute approximate surface area is 176 Å². The van der Waals surface area contributed by atoms with Gasteiger partial charge in [0.25, 0.3) is 10.0 Å². The van der Waals surface area contributed by atoms with E-state index in [1.165, 1.54) is 12.1 Å². The minimum atomic E-state index is -4.08. The van der Waals surface area contributed by atoms with E-state index in [0.29, 0.717) is 11.4 Å². The van der Waals surface area contributed by atoms with E-state index in [9.17, 15) is 17.6 Å². The van der Waals surface area contributed by atoms with Crippen molar-refractivity contribution < 1.29 is 17.6 Å². The summed E-state index contributed by atoms with van der Waals surface area (Å²) in [4.78, 5) is 12.6. The van der Waals surface area contributed by atoms with E-state index in [0.717, 1.165) is 33.1 Å². The molecule has 3 aromatic rings. The number of nitrogens with zero attached hydrogens (tertiary/aromatic N) is 1. The van der Waals surface area contributed by atoms with E-state index in [1.54, 1.807) is 30.3 Å². The molecule has 1 N–H and O–H groups in total. The van der Waals surface area contributed by atoms with Gasteiger partial charge in [-0.15, -0.1) is 0 Å². The van der Waals surface area contributed by atoms with Gasteiger partial charge in [-0.2, -0.15) is 0 Å². The molecule has 5 nitrogen and oxygen atoms in total. The van der Waals surface area contributed by atoms with Crippen LogP contribution in [-0.2, 0) is 14.8 Å².